The van der Waals surface area contributed by atoms with E-state index < -0.39 is 0 Å². The summed E-state index contributed by atoms with van der Waals surface area (Å²) in [7, 11) is 0. The van der Waals surface area contributed by atoms with Gasteiger partial charge in [0, 0.05) is 12.1 Å². The molecule has 0 unspecified atom stereocenters. The Kier molecular flexibility index (Phi) is 8.88. The van der Waals surface area contributed by atoms with E-state index in [1.165, 1.54) is 0 Å². The minimum Gasteiger partial charge on any atom is -0.359 e. The van der Waals surface area contributed by atoms with Crippen molar-refractivity contribution in [2.75, 3.05) is 6.54 Å². The monoisotopic (exact) mass is 221 g/mol. The van der Waals surface area contributed by atoms with Gasteiger partial charge in [-0.15, -0.1) is 0 Å². The number of hydrogen-bond acceptors (Lipinski definition) is 2. The first-order valence-corrected chi connectivity index (χ1v) is 5.45. The van der Waals surface area contributed by atoms with Crippen molar-refractivity contribution in [1.29, 1.82) is 0 Å². The fourth-order valence-corrected chi connectivity index (χ4v) is 1.01. The van der Waals surface area contributed by atoms with Crippen LogP contribution in [0, 0.1) is 0 Å². The van der Waals surface area contributed by atoms with Gasteiger partial charge in [0.05, 0.1) is 0 Å². The largest absolute Gasteiger partial charge is 0.359 e. The summed E-state index contributed by atoms with van der Waals surface area (Å²) in [5.74, 6) is 0.121. The van der Waals surface area contributed by atoms with Gasteiger partial charge in [-0.25, -0.2) is 0 Å². The topological polar surface area (TPSA) is 46.2 Å². The van der Waals surface area contributed by atoms with Crippen molar-refractivity contribution in [2.45, 2.75) is 26.7 Å². The lowest BCUT2D eigenvalue weighted by Gasteiger charge is -1.90. The summed E-state index contributed by atoms with van der Waals surface area (Å²) in [6, 6.07) is 9.23. The molecule has 88 valence electrons. The summed E-state index contributed by atoms with van der Waals surface area (Å²) < 4.78 is 0. The van der Waals surface area contributed by atoms with Crippen LogP contribution in [0.3, 0.4) is 0 Å². The number of Topliss-reactive ketones (excluding diaryl/α,β-unsaturated/α-hetero) is 1. The first-order valence-electron chi connectivity index (χ1n) is 5.45. The average molecular weight is 221 g/mol. The Bertz CT molecular complexity index is 296. The van der Waals surface area contributed by atoms with Gasteiger partial charge < -0.3 is 5.32 Å². The highest BCUT2D eigenvalue weighted by Gasteiger charge is 1.92. The highest BCUT2D eigenvalue weighted by atomic mass is 16.1. The second kappa shape index (κ2) is 9.90. The maximum atomic E-state index is 10.6. The predicted molar refractivity (Wildman–Crippen MR) is 65.4 cm³/mol. The molecule has 0 spiro atoms. The minimum absolute atomic E-state index is 0.121. The highest BCUT2D eigenvalue weighted by Crippen LogP contribution is 1.97. The molecule has 0 atom stereocenters. The van der Waals surface area contributed by atoms with Crippen molar-refractivity contribution in [2.24, 2.45) is 0 Å². The van der Waals surface area contributed by atoms with Gasteiger partial charge in [-0.2, -0.15) is 0 Å². The van der Waals surface area contributed by atoms with Crippen molar-refractivity contribution in [3.05, 3.63) is 35.9 Å². The molecule has 1 aromatic carbocycles. The van der Waals surface area contributed by atoms with E-state index in [0.29, 0.717) is 0 Å². The second-order valence-corrected chi connectivity index (χ2v) is 3.35. The van der Waals surface area contributed by atoms with E-state index >= 15 is 0 Å². The second-order valence-electron chi connectivity index (χ2n) is 3.35. The number of ketones is 1. The molecule has 1 rings (SSSR count). The van der Waals surface area contributed by atoms with Crippen LogP contribution in [0.4, 0.5) is 0 Å². The van der Waals surface area contributed by atoms with Crippen LogP contribution in [0.2, 0.25) is 0 Å². The molecule has 3 heteroatoms. The SMILES string of the molecule is CC(=O)c1ccccc1.CCCCNC=O. The van der Waals surface area contributed by atoms with E-state index in [1.807, 2.05) is 30.3 Å². The van der Waals surface area contributed by atoms with Gasteiger partial charge in [0.15, 0.2) is 5.78 Å². The van der Waals surface area contributed by atoms with Crippen molar-refractivity contribution < 1.29 is 9.59 Å². The molecule has 1 N–H and O–H groups in total. The maximum absolute atomic E-state index is 10.6. The van der Waals surface area contributed by atoms with Crippen LogP contribution in [0.5, 0.6) is 0 Å². The Labute approximate surface area is 96.9 Å². The van der Waals surface area contributed by atoms with Gasteiger partial charge in [0.1, 0.15) is 0 Å². The van der Waals surface area contributed by atoms with Crippen LogP contribution < -0.4 is 5.32 Å². The third kappa shape index (κ3) is 7.74. The molecule has 0 aliphatic rings. The molecular formula is C13H19NO2. The zero-order valence-corrected chi connectivity index (χ0v) is 9.90. The molecule has 0 fully saturated rings. The zero-order chi connectivity index (χ0) is 12.2. The van der Waals surface area contributed by atoms with Gasteiger partial charge in [-0.1, -0.05) is 43.7 Å². The van der Waals surface area contributed by atoms with E-state index in [9.17, 15) is 9.59 Å². The molecule has 0 aliphatic heterocycles. The first-order chi connectivity index (χ1) is 7.72. The summed E-state index contributed by atoms with van der Waals surface area (Å²) in [5, 5.41) is 2.57. The maximum Gasteiger partial charge on any atom is 0.207 e. The van der Waals surface area contributed by atoms with Crippen LogP contribution in [0.25, 0.3) is 0 Å². The lowest BCUT2D eigenvalue weighted by atomic mass is 10.2. The Morgan fingerprint density at radius 3 is 2.31 bits per heavy atom. The summed E-state index contributed by atoms with van der Waals surface area (Å²) in [6.45, 7) is 4.47. The number of rotatable bonds is 5. The standard InChI is InChI=1S/C8H8O.C5H11NO/c1-7(9)8-5-3-2-4-6-8;1-2-3-4-6-5-7/h2-6H,1H3;5H,2-4H2,1H3,(H,6,7). The third-order valence-electron chi connectivity index (χ3n) is 1.94. The van der Waals surface area contributed by atoms with Crippen molar-refractivity contribution in [1.82, 2.24) is 5.32 Å². The highest BCUT2D eigenvalue weighted by molar-refractivity contribution is 5.93. The fraction of sp³-hybridized carbons (Fsp3) is 0.385. The van der Waals surface area contributed by atoms with Crippen LogP contribution in [-0.2, 0) is 4.79 Å². The van der Waals surface area contributed by atoms with Crippen LogP contribution in [0.1, 0.15) is 37.0 Å². The van der Waals surface area contributed by atoms with Gasteiger partial charge >= 0.3 is 0 Å². The molecule has 0 radical (unpaired) electrons. The van der Waals surface area contributed by atoms with Gasteiger partial charge in [-0.05, 0) is 13.3 Å². The number of amides is 1. The molecule has 0 saturated carbocycles. The van der Waals surface area contributed by atoms with E-state index in [2.05, 4.69) is 12.2 Å². The summed E-state index contributed by atoms with van der Waals surface area (Å²) in [4.78, 5) is 20.2. The number of benzene rings is 1. The molecule has 0 aliphatic carbocycles. The van der Waals surface area contributed by atoms with Gasteiger partial charge in [0.25, 0.3) is 0 Å². The van der Waals surface area contributed by atoms with E-state index in [0.717, 1.165) is 31.4 Å². The number of unbranched alkanes of at least 4 members (excludes halogenated alkanes) is 1. The molecule has 0 bridgehead atoms. The zero-order valence-electron chi connectivity index (χ0n) is 9.90. The Balaban J connectivity index is 0.000000293. The summed E-state index contributed by atoms with van der Waals surface area (Å²) in [6.07, 6.45) is 2.95. The van der Waals surface area contributed by atoms with E-state index in [-0.39, 0.29) is 5.78 Å². The van der Waals surface area contributed by atoms with Crippen LogP contribution >= 0.6 is 0 Å². The molecule has 3 nitrogen and oxygen atoms in total. The lowest BCUT2D eigenvalue weighted by molar-refractivity contribution is -0.109. The first kappa shape index (κ1) is 14.4. The molecule has 1 aromatic rings. The molecule has 0 aromatic heterocycles. The fourth-order valence-electron chi connectivity index (χ4n) is 1.01. The minimum atomic E-state index is 0.121. The Morgan fingerprint density at radius 2 is 1.94 bits per heavy atom. The van der Waals surface area contributed by atoms with Gasteiger partial charge in [0.2, 0.25) is 6.41 Å². The van der Waals surface area contributed by atoms with Crippen molar-refractivity contribution in [3.8, 4) is 0 Å². The summed E-state index contributed by atoms with van der Waals surface area (Å²) >= 11 is 0. The number of nitrogens with one attached hydrogen (secondary N) is 1. The summed E-state index contributed by atoms with van der Waals surface area (Å²) in [5.41, 5.74) is 0.775. The van der Waals surface area contributed by atoms with Crippen molar-refractivity contribution >= 4 is 12.2 Å². The average Bonchev–Trinajstić information content (AvgIpc) is 2.32. The molecule has 1 amide bonds. The van der Waals surface area contributed by atoms with E-state index in [1.54, 1.807) is 6.92 Å². The smallest absolute Gasteiger partial charge is 0.207 e. The molecule has 16 heavy (non-hydrogen) atoms. The van der Waals surface area contributed by atoms with Gasteiger partial charge in [-0.3, -0.25) is 9.59 Å². The Hall–Kier alpha value is -1.64. The predicted octanol–water partition coefficient (Wildman–Crippen LogP) is 2.42. The lowest BCUT2D eigenvalue weighted by Crippen LogP contribution is -2.11. The molecule has 0 heterocycles. The number of hydrogen-bond donors (Lipinski definition) is 1. The third-order valence-corrected chi connectivity index (χ3v) is 1.94. The molecule has 0 saturated heterocycles. The normalized spacial score (nSPS) is 8.62. The van der Waals surface area contributed by atoms with Crippen molar-refractivity contribution in [3.63, 3.8) is 0 Å². The Morgan fingerprint density at radius 1 is 1.31 bits per heavy atom. The van der Waals surface area contributed by atoms with Crippen LogP contribution in [0.15, 0.2) is 30.3 Å². The van der Waals surface area contributed by atoms with E-state index in [4.69, 9.17) is 0 Å². The molecular weight excluding hydrogens is 202 g/mol. The number of carbonyl (C=O) groups excluding carboxylic acids is 2. The quantitative estimate of drug-likeness (QED) is 0.471. The number of carbonyl (C=O) groups is 2. The van der Waals surface area contributed by atoms with Crippen LogP contribution in [-0.4, -0.2) is 18.7 Å².